The molecule has 0 radical (unpaired) electrons. The molecule has 0 spiro atoms. The average Bonchev–Trinajstić information content (AvgIpc) is 2.16. The highest BCUT2D eigenvalue weighted by Crippen LogP contribution is 2.38. The second kappa shape index (κ2) is 3.77. The van der Waals surface area contributed by atoms with E-state index in [1.54, 1.807) is 0 Å². The Kier molecular flexibility index (Phi) is 2.99. The summed E-state index contributed by atoms with van der Waals surface area (Å²) < 4.78 is 62.5. The van der Waals surface area contributed by atoms with Crippen LogP contribution in [0.4, 0.5) is 22.0 Å². The number of hydrogen-bond acceptors (Lipinski definition) is 1. The maximum absolute atomic E-state index is 13.2. The van der Waals surface area contributed by atoms with Crippen LogP contribution in [-0.2, 0) is 5.92 Å². The van der Waals surface area contributed by atoms with Crippen LogP contribution in [0.25, 0.3) is 0 Å². The summed E-state index contributed by atoms with van der Waals surface area (Å²) in [7, 11) is 0. The summed E-state index contributed by atoms with van der Waals surface area (Å²) in [4.78, 5) is 0. The third-order valence-corrected chi connectivity index (χ3v) is 1.90. The molecule has 1 aromatic rings. The summed E-state index contributed by atoms with van der Waals surface area (Å²) in [5.74, 6) is -4.11. The molecular formula is C9H8F5N. The van der Waals surface area contributed by atoms with Crippen LogP contribution in [0.1, 0.15) is 5.56 Å². The topological polar surface area (TPSA) is 26.0 Å². The molecule has 0 aliphatic heterocycles. The van der Waals surface area contributed by atoms with Crippen LogP contribution < -0.4 is 5.73 Å². The lowest BCUT2D eigenvalue weighted by atomic mass is 10.0. The normalized spacial score (nSPS) is 15.1. The highest BCUT2D eigenvalue weighted by Gasteiger charge is 2.54. The monoisotopic (exact) mass is 225 g/mol. The second-order valence-corrected chi connectivity index (χ2v) is 3.01. The van der Waals surface area contributed by atoms with Crippen LogP contribution >= 0.6 is 0 Å². The number of nitrogens with two attached hydrogens (primary N) is 1. The first-order valence-corrected chi connectivity index (χ1v) is 4.02. The van der Waals surface area contributed by atoms with Crippen molar-refractivity contribution in [2.24, 2.45) is 5.73 Å². The average molecular weight is 225 g/mol. The predicted molar refractivity (Wildman–Crippen MR) is 44.4 cm³/mol. The van der Waals surface area contributed by atoms with Crippen molar-refractivity contribution in [3.8, 4) is 0 Å². The molecule has 1 unspecified atom stereocenters. The standard InChI is InChI=1S/C9H8F5N/c10-8(11,7(15)9(12,13)14)6-4-2-1-3-5-6/h1-5,7H,15H2. The van der Waals surface area contributed by atoms with Crippen molar-refractivity contribution in [3.05, 3.63) is 35.9 Å². The number of hydrogen-bond donors (Lipinski definition) is 1. The van der Waals surface area contributed by atoms with Gasteiger partial charge in [0, 0.05) is 5.56 Å². The zero-order valence-corrected chi connectivity index (χ0v) is 7.43. The molecule has 0 saturated carbocycles. The van der Waals surface area contributed by atoms with E-state index in [9.17, 15) is 22.0 Å². The van der Waals surface area contributed by atoms with E-state index in [2.05, 4.69) is 5.73 Å². The molecule has 1 rings (SSSR count). The van der Waals surface area contributed by atoms with Gasteiger partial charge in [0.1, 0.15) is 0 Å². The predicted octanol–water partition coefficient (Wildman–Crippen LogP) is 2.67. The molecule has 0 bridgehead atoms. The van der Waals surface area contributed by atoms with E-state index >= 15 is 0 Å². The maximum Gasteiger partial charge on any atom is 0.409 e. The van der Waals surface area contributed by atoms with Gasteiger partial charge in [-0.3, -0.25) is 0 Å². The smallest absolute Gasteiger partial charge is 0.315 e. The van der Waals surface area contributed by atoms with Gasteiger partial charge < -0.3 is 5.73 Å². The number of alkyl halides is 5. The Morgan fingerprint density at radius 2 is 1.40 bits per heavy atom. The Balaban J connectivity index is 3.03. The molecule has 0 saturated heterocycles. The Morgan fingerprint density at radius 1 is 0.933 bits per heavy atom. The van der Waals surface area contributed by atoms with Crippen molar-refractivity contribution in [1.29, 1.82) is 0 Å². The van der Waals surface area contributed by atoms with Crippen molar-refractivity contribution < 1.29 is 22.0 Å². The van der Waals surface area contributed by atoms with E-state index in [0.717, 1.165) is 12.1 Å². The summed E-state index contributed by atoms with van der Waals surface area (Å²) in [6.45, 7) is 0. The van der Waals surface area contributed by atoms with E-state index < -0.39 is 23.7 Å². The Labute approximate surface area is 82.7 Å². The van der Waals surface area contributed by atoms with Crippen LogP contribution in [0.5, 0.6) is 0 Å². The van der Waals surface area contributed by atoms with Crippen LogP contribution in [0.15, 0.2) is 30.3 Å². The molecule has 1 atom stereocenters. The Bertz CT molecular complexity index is 319. The molecule has 1 aromatic carbocycles. The van der Waals surface area contributed by atoms with Crippen molar-refractivity contribution >= 4 is 0 Å². The second-order valence-electron chi connectivity index (χ2n) is 3.01. The first-order chi connectivity index (χ1) is 6.76. The molecule has 6 heteroatoms. The summed E-state index contributed by atoms with van der Waals surface area (Å²) in [5, 5.41) is 0. The largest absolute Gasteiger partial charge is 0.409 e. The van der Waals surface area contributed by atoms with Gasteiger partial charge in [0.25, 0.3) is 5.92 Å². The van der Waals surface area contributed by atoms with Gasteiger partial charge in [-0.05, 0) is 0 Å². The third-order valence-electron chi connectivity index (χ3n) is 1.90. The molecule has 2 N–H and O–H groups in total. The van der Waals surface area contributed by atoms with Gasteiger partial charge in [-0.1, -0.05) is 30.3 Å². The summed E-state index contributed by atoms with van der Waals surface area (Å²) in [6.07, 6.45) is -5.13. The highest BCUT2D eigenvalue weighted by molar-refractivity contribution is 5.22. The van der Waals surface area contributed by atoms with Crippen molar-refractivity contribution in [3.63, 3.8) is 0 Å². The molecule has 1 nitrogen and oxygen atoms in total. The number of benzene rings is 1. The first-order valence-electron chi connectivity index (χ1n) is 4.02. The van der Waals surface area contributed by atoms with E-state index in [1.165, 1.54) is 18.2 Å². The molecule has 0 fully saturated rings. The molecule has 0 heterocycles. The quantitative estimate of drug-likeness (QED) is 0.769. The van der Waals surface area contributed by atoms with Gasteiger partial charge in [0.2, 0.25) is 0 Å². The molecule has 0 aliphatic rings. The van der Waals surface area contributed by atoms with Crippen LogP contribution in [0.3, 0.4) is 0 Å². The van der Waals surface area contributed by atoms with Gasteiger partial charge in [0.15, 0.2) is 6.04 Å². The lowest BCUT2D eigenvalue weighted by Crippen LogP contribution is -2.49. The minimum atomic E-state index is -5.13. The molecule has 15 heavy (non-hydrogen) atoms. The molecule has 0 aliphatic carbocycles. The van der Waals surface area contributed by atoms with Gasteiger partial charge >= 0.3 is 6.18 Å². The number of rotatable bonds is 2. The van der Waals surface area contributed by atoms with E-state index in [0.29, 0.717) is 0 Å². The minimum absolute atomic E-state index is 0.741. The third kappa shape index (κ3) is 2.44. The summed E-state index contributed by atoms with van der Waals surface area (Å²) in [5.41, 5.74) is 3.74. The van der Waals surface area contributed by atoms with Crippen molar-refractivity contribution in [2.45, 2.75) is 18.1 Å². The van der Waals surface area contributed by atoms with E-state index in [4.69, 9.17) is 0 Å². The van der Waals surface area contributed by atoms with Gasteiger partial charge in [-0.2, -0.15) is 22.0 Å². The van der Waals surface area contributed by atoms with Gasteiger partial charge in [-0.25, -0.2) is 0 Å². The van der Waals surface area contributed by atoms with Gasteiger partial charge in [-0.15, -0.1) is 0 Å². The zero-order chi connectivity index (χ0) is 11.7. The fraction of sp³-hybridized carbons (Fsp3) is 0.333. The molecule has 0 aromatic heterocycles. The fourth-order valence-corrected chi connectivity index (χ4v) is 1.05. The van der Waals surface area contributed by atoms with Crippen molar-refractivity contribution in [1.82, 2.24) is 0 Å². The molecule has 0 amide bonds. The molecular weight excluding hydrogens is 217 g/mol. The lowest BCUT2D eigenvalue weighted by molar-refractivity contribution is -0.208. The summed E-state index contributed by atoms with van der Waals surface area (Å²) in [6, 6.07) is 2.52. The first kappa shape index (κ1) is 11.9. The van der Waals surface area contributed by atoms with Crippen LogP contribution in [0, 0.1) is 0 Å². The van der Waals surface area contributed by atoms with Crippen molar-refractivity contribution in [2.75, 3.05) is 0 Å². The summed E-state index contributed by atoms with van der Waals surface area (Å²) >= 11 is 0. The van der Waals surface area contributed by atoms with Gasteiger partial charge in [0.05, 0.1) is 0 Å². The Hall–Kier alpha value is -1.17. The van der Waals surface area contributed by atoms with Crippen LogP contribution in [-0.4, -0.2) is 12.2 Å². The fourth-order valence-electron chi connectivity index (χ4n) is 1.05. The minimum Gasteiger partial charge on any atom is -0.315 e. The van der Waals surface area contributed by atoms with E-state index in [1.807, 2.05) is 0 Å². The SMILES string of the molecule is NC(C(F)(F)F)C(F)(F)c1ccccc1. The highest BCUT2D eigenvalue weighted by atomic mass is 19.4. The number of halogens is 5. The lowest BCUT2D eigenvalue weighted by Gasteiger charge is -2.25. The van der Waals surface area contributed by atoms with Crippen LogP contribution in [0.2, 0.25) is 0 Å². The maximum atomic E-state index is 13.2. The molecule has 84 valence electrons. The zero-order valence-electron chi connectivity index (χ0n) is 7.43. The Morgan fingerprint density at radius 3 is 1.80 bits per heavy atom. The van der Waals surface area contributed by atoms with E-state index in [-0.39, 0.29) is 0 Å².